The SMILES string of the molecule is O=C1OC(c2ccc(Br)cc2)=N/C1=C\c1ccc(-c2ccc(Cl)c(Cl)c2)o1. The number of furan rings is 1. The van der Waals surface area contributed by atoms with Gasteiger partial charge in [0.2, 0.25) is 5.90 Å². The minimum atomic E-state index is -0.527. The second-order valence-electron chi connectivity index (χ2n) is 5.67. The quantitative estimate of drug-likeness (QED) is 0.336. The van der Waals surface area contributed by atoms with E-state index in [0.29, 0.717) is 27.1 Å². The minimum Gasteiger partial charge on any atom is -0.457 e. The summed E-state index contributed by atoms with van der Waals surface area (Å²) in [6, 6.07) is 16.1. The van der Waals surface area contributed by atoms with Gasteiger partial charge in [-0.05, 0) is 54.6 Å². The summed E-state index contributed by atoms with van der Waals surface area (Å²) in [7, 11) is 0. The third-order valence-corrected chi connectivity index (χ3v) is 5.09. The molecule has 1 aromatic heterocycles. The molecule has 1 aliphatic heterocycles. The van der Waals surface area contributed by atoms with E-state index >= 15 is 0 Å². The van der Waals surface area contributed by atoms with Gasteiger partial charge in [-0.15, -0.1) is 0 Å². The number of hydrogen-bond acceptors (Lipinski definition) is 4. The fourth-order valence-electron chi connectivity index (χ4n) is 2.49. The molecule has 2 aromatic carbocycles. The van der Waals surface area contributed by atoms with Crippen molar-refractivity contribution in [3.8, 4) is 11.3 Å². The highest BCUT2D eigenvalue weighted by Gasteiger charge is 2.24. The summed E-state index contributed by atoms with van der Waals surface area (Å²) in [5, 5.41) is 0.909. The van der Waals surface area contributed by atoms with E-state index in [1.807, 2.05) is 24.3 Å². The minimum absolute atomic E-state index is 0.169. The zero-order valence-corrected chi connectivity index (χ0v) is 16.7. The molecule has 1 aliphatic rings. The second-order valence-corrected chi connectivity index (χ2v) is 7.40. The third kappa shape index (κ3) is 3.86. The summed E-state index contributed by atoms with van der Waals surface area (Å²) < 4.78 is 11.9. The Kier molecular flexibility index (Phi) is 4.91. The molecule has 0 unspecified atom stereocenters. The van der Waals surface area contributed by atoms with Crippen LogP contribution in [0.2, 0.25) is 10.0 Å². The number of esters is 1. The van der Waals surface area contributed by atoms with Gasteiger partial charge in [0.15, 0.2) is 5.70 Å². The molecule has 27 heavy (non-hydrogen) atoms. The Morgan fingerprint density at radius 2 is 1.67 bits per heavy atom. The number of hydrogen-bond donors (Lipinski definition) is 0. The van der Waals surface area contributed by atoms with E-state index in [1.54, 1.807) is 30.3 Å². The molecule has 0 aliphatic carbocycles. The lowest BCUT2D eigenvalue weighted by molar-refractivity contribution is -0.129. The highest BCUT2D eigenvalue weighted by atomic mass is 79.9. The molecular weight excluding hydrogens is 453 g/mol. The van der Waals surface area contributed by atoms with Crippen LogP contribution in [-0.4, -0.2) is 11.9 Å². The van der Waals surface area contributed by atoms with Crippen molar-refractivity contribution in [2.45, 2.75) is 0 Å². The van der Waals surface area contributed by atoms with Crippen molar-refractivity contribution in [2.24, 2.45) is 4.99 Å². The van der Waals surface area contributed by atoms with Gasteiger partial charge < -0.3 is 9.15 Å². The Morgan fingerprint density at radius 1 is 0.926 bits per heavy atom. The van der Waals surface area contributed by atoms with Crippen molar-refractivity contribution in [3.05, 3.63) is 86.1 Å². The van der Waals surface area contributed by atoms with Crippen molar-refractivity contribution < 1.29 is 13.9 Å². The molecular formula is C20H10BrCl2NO3. The van der Waals surface area contributed by atoms with E-state index in [9.17, 15) is 4.79 Å². The van der Waals surface area contributed by atoms with Crippen LogP contribution in [0.1, 0.15) is 11.3 Å². The van der Waals surface area contributed by atoms with E-state index in [1.165, 1.54) is 6.08 Å². The van der Waals surface area contributed by atoms with Gasteiger partial charge in [-0.3, -0.25) is 0 Å². The van der Waals surface area contributed by atoms with Crippen LogP contribution in [0, 0.1) is 0 Å². The van der Waals surface area contributed by atoms with E-state index in [0.717, 1.165) is 10.0 Å². The van der Waals surface area contributed by atoms with Gasteiger partial charge in [0, 0.05) is 21.7 Å². The lowest BCUT2D eigenvalue weighted by Crippen LogP contribution is -2.05. The van der Waals surface area contributed by atoms with Crippen molar-refractivity contribution in [3.63, 3.8) is 0 Å². The van der Waals surface area contributed by atoms with Gasteiger partial charge >= 0.3 is 5.97 Å². The average Bonchev–Trinajstić information content (AvgIpc) is 3.26. The molecule has 0 fully saturated rings. The van der Waals surface area contributed by atoms with Crippen molar-refractivity contribution in [1.82, 2.24) is 0 Å². The highest BCUT2D eigenvalue weighted by molar-refractivity contribution is 9.10. The number of ether oxygens (including phenoxy) is 1. The molecule has 0 radical (unpaired) electrons. The predicted octanol–water partition coefficient (Wildman–Crippen LogP) is 6.36. The van der Waals surface area contributed by atoms with Crippen LogP contribution >= 0.6 is 39.1 Å². The third-order valence-electron chi connectivity index (χ3n) is 3.82. The zero-order valence-electron chi connectivity index (χ0n) is 13.6. The summed E-state index contributed by atoms with van der Waals surface area (Å²) in [5.74, 6) is 0.808. The average molecular weight is 463 g/mol. The lowest BCUT2D eigenvalue weighted by atomic mass is 10.2. The summed E-state index contributed by atoms with van der Waals surface area (Å²) in [6.45, 7) is 0. The Labute approximate surface area is 173 Å². The van der Waals surface area contributed by atoms with E-state index in [-0.39, 0.29) is 11.6 Å². The molecule has 0 bridgehead atoms. The number of carbonyl (C=O) groups is 1. The highest BCUT2D eigenvalue weighted by Crippen LogP contribution is 2.30. The van der Waals surface area contributed by atoms with Crippen LogP contribution in [0.5, 0.6) is 0 Å². The van der Waals surface area contributed by atoms with Crippen LogP contribution in [0.3, 0.4) is 0 Å². The number of cyclic esters (lactones) is 1. The van der Waals surface area contributed by atoms with Gasteiger partial charge in [-0.1, -0.05) is 39.1 Å². The first-order valence-electron chi connectivity index (χ1n) is 7.83. The first-order chi connectivity index (χ1) is 13.0. The second kappa shape index (κ2) is 7.35. The first kappa shape index (κ1) is 18.0. The molecule has 0 saturated carbocycles. The summed E-state index contributed by atoms with van der Waals surface area (Å²) >= 11 is 15.3. The topological polar surface area (TPSA) is 51.8 Å². The number of benzene rings is 2. The van der Waals surface area contributed by atoms with E-state index in [4.69, 9.17) is 32.4 Å². The number of carbonyl (C=O) groups excluding carboxylic acids is 1. The molecule has 4 nitrogen and oxygen atoms in total. The Morgan fingerprint density at radius 3 is 2.41 bits per heavy atom. The molecule has 0 saturated heterocycles. The molecule has 0 amide bonds. The summed E-state index contributed by atoms with van der Waals surface area (Å²) in [5.41, 5.74) is 1.66. The number of nitrogens with zero attached hydrogens (tertiary/aromatic N) is 1. The van der Waals surface area contributed by atoms with Crippen LogP contribution in [0.4, 0.5) is 0 Å². The molecule has 7 heteroatoms. The lowest BCUT2D eigenvalue weighted by Gasteiger charge is -1.99. The standard InChI is InChI=1S/C20H10BrCl2NO3/c21-13-4-1-11(2-5-13)19-24-17(20(25)27-19)10-14-6-8-18(26-14)12-3-7-15(22)16(23)9-12/h1-10H/b17-10-. The maximum Gasteiger partial charge on any atom is 0.363 e. The normalized spacial score (nSPS) is 15.1. The molecule has 2 heterocycles. The Bertz CT molecular complexity index is 1100. The van der Waals surface area contributed by atoms with Gasteiger partial charge in [0.25, 0.3) is 0 Å². The molecule has 4 rings (SSSR count). The van der Waals surface area contributed by atoms with Crippen molar-refractivity contribution in [2.75, 3.05) is 0 Å². The van der Waals surface area contributed by atoms with Gasteiger partial charge in [-0.2, -0.15) is 0 Å². The van der Waals surface area contributed by atoms with Gasteiger partial charge in [-0.25, -0.2) is 9.79 Å². The number of rotatable bonds is 3. The molecule has 0 atom stereocenters. The van der Waals surface area contributed by atoms with Crippen molar-refractivity contribution in [1.29, 1.82) is 0 Å². The number of halogens is 3. The predicted molar refractivity (Wildman–Crippen MR) is 109 cm³/mol. The first-order valence-corrected chi connectivity index (χ1v) is 9.38. The van der Waals surface area contributed by atoms with E-state index < -0.39 is 5.97 Å². The van der Waals surface area contributed by atoms with Crippen molar-refractivity contribution >= 4 is 57.1 Å². The maximum absolute atomic E-state index is 12.1. The molecule has 134 valence electrons. The van der Waals surface area contributed by atoms with Crippen LogP contribution in [0.25, 0.3) is 17.4 Å². The summed E-state index contributed by atoms with van der Waals surface area (Å²) in [4.78, 5) is 16.4. The zero-order chi connectivity index (χ0) is 19.0. The molecule has 3 aromatic rings. The smallest absolute Gasteiger partial charge is 0.363 e. The van der Waals surface area contributed by atoms with Gasteiger partial charge in [0.1, 0.15) is 11.5 Å². The van der Waals surface area contributed by atoms with Crippen LogP contribution < -0.4 is 0 Å². The fraction of sp³-hybridized carbons (Fsp3) is 0. The molecule has 0 N–H and O–H groups in total. The largest absolute Gasteiger partial charge is 0.457 e. The maximum atomic E-state index is 12.1. The van der Waals surface area contributed by atoms with Crippen LogP contribution in [-0.2, 0) is 9.53 Å². The number of aliphatic imine (C=N–C) groups is 1. The monoisotopic (exact) mass is 461 g/mol. The Balaban J connectivity index is 1.61. The Hall–Kier alpha value is -2.34. The fourth-order valence-corrected chi connectivity index (χ4v) is 3.06. The van der Waals surface area contributed by atoms with Crippen LogP contribution in [0.15, 0.2) is 74.2 Å². The van der Waals surface area contributed by atoms with E-state index in [2.05, 4.69) is 20.9 Å². The van der Waals surface area contributed by atoms with Gasteiger partial charge in [0.05, 0.1) is 10.0 Å². The summed E-state index contributed by atoms with van der Waals surface area (Å²) in [6.07, 6.45) is 1.54. The molecule has 0 spiro atoms.